The Morgan fingerprint density at radius 1 is 1.32 bits per heavy atom. The number of carbonyl (C=O) groups excluding carboxylic acids is 1. The lowest BCUT2D eigenvalue weighted by Gasteiger charge is -2.31. The summed E-state index contributed by atoms with van der Waals surface area (Å²) in [5.41, 5.74) is 5.31. The van der Waals surface area contributed by atoms with E-state index in [1.165, 1.54) is 22.4 Å². The molecule has 3 rings (SSSR count). The number of aryl methyl sites for hydroxylation is 2. The molecule has 0 aromatic heterocycles. The van der Waals surface area contributed by atoms with Crippen LogP contribution in [0, 0.1) is 12.8 Å². The van der Waals surface area contributed by atoms with Crippen LogP contribution in [-0.2, 0) is 11.2 Å². The Bertz CT molecular complexity index is 514. The fraction of sp³-hybridized carbons (Fsp3) is 0.588. The predicted octanol–water partition coefficient (Wildman–Crippen LogP) is 3.81. The lowest BCUT2D eigenvalue weighted by Crippen LogP contribution is -2.36. The topological polar surface area (TPSA) is 20.3 Å². The molecule has 0 bridgehead atoms. The van der Waals surface area contributed by atoms with Crippen LogP contribution in [0.5, 0.6) is 0 Å². The standard InChI is InChI=1S/C17H23NO/c1-11(2)15-10-16-14(9-12(15)3)5-4-8-18(16)17(19)13-6-7-13/h9-11,13H,4-8H2,1-3H3. The van der Waals surface area contributed by atoms with Gasteiger partial charge in [-0.15, -0.1) is 0 Å². The third-order valence-corrected chi connectivity index (χ3v) is 4.40. The second-order valence-electron chi connectivity index (χ2n) is 6.36. The van der Waals surface area contributed by atoms with Gasteiger partial charge >= 0.3 is 0 Å². The third kappa shape index (κ3) is 2.29. The summed E-state index contributed by atoms with van der Waals surface area (Å²) in [5.74, 6) is 1.19. The van der Waals surface area contributed by atoms with Crippen molar-refractivity contribution in [3.8, 4) is 0 Å². The van der Waals surface area contributed by atoms with E-state index >= 15 is 0 Å². The van der Waals surface area contributed by atoms with Crippen molar-refractivity contribution >= 4 is 11.6 Å². The highest BCUT2D eigenvalue weighted by Crippen LogP contribution is 2.37. The summed E-state index contributed by atoms with van der Waals surface area (Å²) in [6, 6.07) is 4.58. The molecule has 1 fully saturated rings. The van der Waals surface area contributed by atoms with Gasteiger partial charge in [-0.05, 0) is 61.3 Å². The first kappa shape index (κ1) is 12.7. The number of hydrogen-bond acceptors (Lipinski definition) is 1. The Balaban J connectivity index is 2.02. The summed E-state index contributed by atoms with van der Waals surface area (Å²) in [7, 11) is 0. The van der Waals surface area contributed by atoms with Crippen molar-refractivity contribution in [2.75, 3.05) is 11.4 Å². The van der Waals surface area contributed by atoms with Gasteiger partial charge < -0.3 is 4.90 Å². The van der Waals surface area contributed by atoms with Crippen molar-refractivity contribution in [2.24, 2.45) is 5.92 Å². The van der Waals surface area contributed by atoms with Gasteiger partial charge in [0.2, 0.25) is 5.91 Å². The highest BCUT2D eigenvalue weighted by atomic mass is 16.2. The van der Waals surface area contributed by atoms with Crippen molar-refractivity contribution in [1.82, 2.24) is 0 Å². The molecule has 19 heavy (non-hydrogen) atoms. The average molecular weight is 257 g/mol. The van der Waals surface area contributed by atoms with E-state index in [0.717, 1.165) is 32.2 Å². The minimum Gasteiger partial charge on any atom is -0.312 e. The van der Waals surface area contributed by atoms with Gasteiger partial charge in [0.15, 0.2) is 0 Å². The van der Waals surface area contributed by atoms with Gasteiger partial charge in [0.05, 0.1) is 0 Å². The quantitative estimate of drug-likeness (QED) is 0.789. The molecular weight excluding hydrogens is 234 g/mol. The molecule has 2 nitrogen and oxygen atoms in total. The first-order chi connectivity index (χ1) is 9.08. The molecule has 0 radical (unpaired) electrons. The first-order valence-electron chi connectivity index (χ1n) is 7.52. The minimum atomic E-state index is 0.315. The first-order valence-corrected chi connectivity index (χ1v) is 7.52. The fourth-order valence-corrected chi connectivity index (χ4v) is 3.17. The smallest absolute Gasteiger partial charge is 0.230 e. The van der Waals surface area contributed by atoms with Crippen molar-refractivity contribution in [2.45, 2.75) is 52.4 Å². The van der Waals surface area contributed by atoms with Gasteiger partial charge in [0.1, 0.15) is 0 Å². The Morgan fingerprint density at radius 2 is 2.05 bits per heavy atom. The number of nitrogens with zero attached hydrogens (tertiary/aromatic N) is 1. The van der Waals surface area contributed by atoms with Crippen molar-refractivity contribution in [3.05, 3.63) is 28.8 Å². The molecule has 0 atom stereocenters. The molecule has 2 aliphatic rings. The fourth-order valence-electron chi connectivity index (χ4n) is 3.17. The molecule has 1 aliphatic carbocycles. The van der Waals surface area contributed by atoms with E-state index in [1.807, 2.05) is 0 Å². The van der Waals surface area contributed by atoms with Gasteiger partial charge in [0.25, 0.3) is 0 Å². The van der Waals surface area contributed by atoms with Crippen LogP contribution in [0.15, 0.2) is 12.1 Å². The van der Waals surface area contributed by atoms with Crippen molar-refractivity contribution in [3.63, 3.8) is 0 Å². The molecule has 1 aromatic carbocycles. The number of amides is 1. The summed E-state index contributed by atoms with van der Waals surface area (Å²) in [5, 5.41) is 0. The SMILES string of the molecule is Cc1cc2c(cc1C(C)C)N(C(=O)C1CC1)CCC2. The predicted molar refractivity (Wildman–Crippen MR) is 78.7 cm³/mol. The van der Waals surface area contributed by atoms with Gasteiger partial charge in [-0.2, -0.15) is 0 Å². The number of hydrogen-bond donors (Lipinski definition) is 0. The van der Waals surface area contributed by atoms with E-state index in [0.29, 0.717) is 17.7 Å². The van der Waals surface area contributed by atoms with Crippen LogP contribution in [0.4, 0.5) is 5.69 Å². The summed E-state index contributed by atoms with van der Waals surface area (Å²) < 4.78 is 0. The Kier molecular flexibility index (Phi) is 3.12. The van der Waals surface area contributed by atoms with E-state index < -0.39 is 0 Å². The van der Waals surface area contributed by atoms with Crippen molar-refractivity contribution in [1.29, 1.82) is 0 Å². The Morgan fingerprint density at radius 3 is 2.68 bits per heavy atom. The summed E-state index contributed by atoms with van der Waals surface area (Å²) in [6.45, 7) is 7.55. The van der Waals surface area contributed by atoms with Gasteiger partial charge in [0, 0.05) is 18.2 Å². The van der Waals surface area contributed by atoms with Crippen LogP contribution in [0.3, 0.4) is 0 Å². The zero-order valence-electron chi connectivity index (χ0n) is 12.2. The van der Waals surface area contributed by atoms with Crippen LogP contribution in [0.25, 0.3) is 0 Å². The van der Waals surface area contributed by atoms with Gasteiger partial charge in [-0.3, -0.25) is 4.79 Å². The number of rotatable bonds is 2. The highest BCUT2D eigenvalue weighted by Gasteiger charge is 2.35. The van der Waals surface area contributed by atoms with E-state index in [9.17, 15) is 4.79 Å². The Labute approximate surface area is 115 Å². The second kappa shape index (κ2) is 4.66. The summed E-state index contributed by atoms with van der Waals surface area (Å²) in [4.78, 5) is 14.5. The number of carbonyl (C=O) groups is 1. The lowest BCUT2D eigenvalue weighted by molar-refractivity contribution is -0.119. The van der Waals surface area contributed by atoms with E-state index in [4.69, 9.17) is 0 Å². The number of fused-ring (bicyclic) bond motifs is 1. The van der Waals surface area contributed by atoms with Crippen LogP contribution in [0.1, 0.15) is 55.7 Å². The van der Waals surface area contributed by atoms with Crippen LogP contribution < -0.4 is 4.90 Å². The van der Waals surface area contributed by atoms with Crippen molar-refractivity contribution < 1.29 is 4.79 Å². The summed E-state index contributed by atoms with van der Waals surface area (Å²) in [6.07, 6.45) is 4.40. The maximum atomic E-state index is 12.4. The number of benzene rings is 1. The van der Waals surface area contributed by atoms with Gasteiger partial charge in [-0.1, -0.05) is 19.9 Å². The van der Waals surface area contributed by atoms with E-state index in [2.05, 4.69) is 37.8 Å². The lowest BCUT2D eigenvalue weighted by atomic mass is 9.91. The normalized spacial score (nSPS) is 18.6. The molecule has 1 amide bonds. The molecule has 1 heterocycles. The number of anilines is 1. The molecule has 0 unspecified atom stereocenters. The minimum absolute atomic E-state index is 0.315. The molecular formula is C17H23NO. The van der Waals surface area contributed by atoms with E-state index in [-0.39, 0.29) is 0 Å². The molecule has 1 saturated carbocycles. The third-order valence-electron chi connectivity index (χ3n) is 4.40. The summed E-state index contributed by atoms with van der Waals surface area (Å²) >= 11 is 0. The molecule has 0 N–H and O–H groups in total. The zero-order valence-corrected chi connectivity index (χ0v) is 12.2. The molecule has 0 saturated heterocycles. The second-order valence-corrected chi connectivity index (χ2v) is 6.36. The molecule has 0 spiro atoms. The molecule has 2 heteroatoms. The molecule has 1 aliphatic heterocycles. The molecule has 1 aromatic rings. The largest absolute Gasteiger partial charge is 0.312 e. The van der Waals surface area contributed by atoms with Crippen LogP contribution in [0.2, 0.25) is 0 Å². The van der Waals surface area contributed by atoms with Crippen LogP contribution in [-0.4, -0.2) is 12.5 Å². The van der Waals surface area contributed by atoms with E-state index in [1.54, 1.807) is 0 Å². The zero-order chi connectivity index (χ0) is 13.6. The van der Waals surface area contributed by atoms with Crippen LogP contribution >= 0.6 is 0 Å². The maximum Gasteiger partial charge on any atom is 0.230 e. The van der Waals surface area contributed by atoms with Gasteiger partial charge in [-0.25, -0.2) is 0 Å². The average Bonchev–Trinajstić information content (AvgIpc) is 3.20. The molecule has 102 valence electrons. The maximum absolute atomic E-state index is 12.4. The monoisotopic (exact) mass is 257 g/mol. The Hall–Kier alpha value is -1.31. The highest BCUT2D eigenvalue weighted by molar-refractivity contribution is 5.97.